The molecule has 0 radical (unpaired) electrons. The molecule has 1 unspecified atom stereocenters. The normalized spacial score (nSPS) is 12.5. The van der Waals surface area contributed by atoms with Crippen molar-refractivity contribution in [3.8, 4) is 16.9 Å². The Morgan fingerprint density at radius 1 is 1.15 bits per heavy atom. The van der Waals surface area contributed by atoms with Gasteiger partial charge in [-0.25, -0.2) is 12.8 Å². The van der Waals surface area contributed by atoms with Crippen LogP contribution in [0.15, 0.2) is 42.5 Å². The van der Waals surface area contributed by atoms with Crippen molar-refractivity contribution >= 4 is 15.7 Å². The molecule has 7 heteroatoms. The Labute approximate surface area is 159 Å². The van der Waals surface area contributed by atoms with Gasteiger partial charge in [-0.05, 0) is 42.3 Å². The molecule has 146 valence electrons. The molecule has 1 atom stereocenters. The summed E-state index contributed by atoms with van der Waals surface area (Å²) in [4.78, 5) is 13.8. The van der Waals surface area contributed by atoms with Crippen molar-refractivity contribution in [1.82, 2.24) is 4.90 Å². The van der Waals surface area contributed by atoms with Gasteiger partial charge in [-0.2, -0.15) is 0 Å². The quantitative estimate of drug-likeness (QED) is 0.723. The van der Waals surface area contributed by atoms with Crippen LogP contribution in [0, 0.1) is 5.82 Å². The second-order valence-corrected chi connectivity index (χ2v) is 8.78. The molecule has 0 aliphatic heterocycles. The summed E-state index contributed by atoms with van der Waals surface area (Å²) in [6.07, 6.45) is 0. The number of halogens is 1. The van der Waals surface area contributed by atoms with Crippen molar-refractivity contribution in [1.29, 1.82) is 0 Å². The topological polar surface area (TPSA) is 63.7 Å². The van der Waals surface area contributed by atoms with Crippen LogP contribution < -0.4 is 4.74 Å². The van der Waals surface area contributed by atoms with E-state index in [1.54, 1.807) is 51.3 Å². The first kappa shape index (κ1) is 20.9. The highest BCUT2D eigenvalue weighted by molar-refractivity contribution is 7.91. The van der Waals surface area contributed by atoms with E-state index in [1.165, 1.54) is 24.1 Å². The van der Waals surface area contributed by atoms with Gasteiger partial charge in [-0.15, -0.1) is 0 Å². The minimum atomic E-state index is -3.24. The smallest absolute Gasteiger partial charge is 0.256 e. The number of hydrogen-bond donors (Lipinski definition) is 0. The molecule has 0 saturated heterocycles. The standard InChI is InChI=1S/C20H24FNO4S/c1-5-27(24,25)13-14(2)22(3)20(23)18-11-8-16(12-19(18)21)15-6-9-17(26-4)10-7-15/h6-12,14H,5,13H2,1-4H3. The number of rotatable bonds is 7. The Hall–Kier alpha value is -2.41. The van der Waals surface area contributed by atoms with Crippen LogP contribution in [0.5, 0.6) is 5.75 Å². The van der Waals surface area contributed by atoms with Crippen molar-refractivity contribution in [2.24, 2.45) is 0 Å². The molecule has 0 heterocycles. The highest BCUT2D eigenvalue weighted by Gasteiger charge is 2.24. The largest absolute Gasteiger partial charge is 0.497 e. The van der Waals surface area contributed by atoms with Gasteiger partial charge in [0.25, 0.3) is 5.91 Å². The van der Waals surface area contributed by atoms with Gasteiger partial charge in [-0.1, -0.05) is 25.1 Å². The molecule has 2 aromatic carbocycles. The predicted molar refractivity (Wildman–Crippen MR) is 104 cm³/mol. The zero-order valence-corrected chi connectivity index (χ0v) is 16.7. The molecule has 1 amide bonds. The van der Waals surface area contributed by atoms with Gasteiger partial charge < -0.3 is 9.64 Å². The zero-order chi connectivity index (χ0) is 20.2. The molecular formula is C20H24FNO4S. The molecule has 0 aromatic heterocycles. The Morgan fingerprint density at radius 3 is 2.26 bits per heavy atom. The fraction of sp³-hybridized carbons (Fsp3) is 0.350. The molecular weight excluding hydrogens is 369 g/mol. The minimum Gasteiger partial charge on any atom is -0.497 e. The van der Waals surface area contributed by atoms with Crippen LogP contribution in [0.4, 0.5) is 4.39 Å². The molecule has 5 nitrogen and oxygen atoms in total. The average Bonchev–Trinajstić information content (AvgIpc) is 2.66. The maximum absolute atomic E-state index is 14.6. The third kappa shape index (κ3) is 5.07. The van der Waals surface area contributed by atoms with E-state index >= 15 is 0 Å². The number of hydrogen-bond acceptors (Lipinski definition) is 4. The molecule has 2 rings (SSSR count). The van der Waals surface area contributed by atoms with Gasteiger partial charge >= 0.3 is 0 Å². The predicted octanol–water partition coefficient (Wildman–Crippen LogP) is 3.40. The number of benzene rings is 2. The number of carbonyl (C=O) groups excluding carboxylic acids is 1. The lowest BCUT2D eigenvalue weighted by molar-refractivity contribution is 0.0752. The highest BCUT2D eigenvalue weighted by Crippen LogP contribution is 2.25. The van der Waals surface area contributed by atoms with Gasteiger partial charge in [0.1, 0.15) is 11.6 Å². The van der Waals surface area contributed by atoms with E-state index in [0.29, 0.717) is 11.3 Å². The van der Waals surface area contributed by atoms with E-state index in [0.717, 1.165) is 5.56 Å². The van der Waals surface area contributed by atoms with E-state index in [9.17, 15) is 17.6 Å². The van der Waals surface area contributed by atoms with E-state index < -0.39 is 27.6 Å². The van der Waals surface area contributed by atoms with Crippen LogP contribution in [-0.4, -0.2) is 50.9 Å². The van der Waals surface area contributed by atoms with Crippen LogP contribution in [-0.2, 0) is 9.84 Å². The molecule has 0 N–H and O–H groups in total. The van der Waals surface area contributed by atoms with Crippen molar-refractivity contribution < 1.29 is 22.3 Å². The van der Waals surface area contributed by atoms with E-state index in [-0.39, 0.29) is 17.1 Å². The molecule has 0 aliphatic carbocycles. The average molecular weight is 393 g/mol. The number of methoxy groups -OCH3 is 1. The Bertz CT molecular complexity index is 910. The van der Waals surface area contributed by atoms with Crippen molar-refractivity contribution in [2.75, 3.05) is 25.7 Å². The van der Waals surface area contributed by atoms with Gasteiger partial charge in [0.15, 0.2) is 9.84 Å². The molecule has 0 spiro atoms. The Balaban J connectivity index is 2.22. The summed E-state index contributed by atoms with van der Waals surface area (Å²) in [6, 6.07) is 11.0. The van der Waals surface area contributed by atoms with Gasteiger partial charge in [-0.3, -0.25) is 4.79 Å². The fourth-order valence-electron chi connectivity index (χ4n) is 2.64. The summed E-state index contributed by atoms with van der Waals surface area (Å²) in [5.41, 5.74) is 1.34. The summed E-state index contributed by atoms with van der Waals surface area (Å²) in [7, 11) is -0.187. The van der Waals surface area contributed by atoms with Crippen LogP contribution in [0.2, 0.25) is 0 Å². The van der Waals surface area contributed by atoms with Gasteiger partial charge in [0.2, 0.25) is 0 Å². The monoisotopic (exact) mass is 393 g/mol. The number of carbonyl (C=O) groups is 1. The molecule has 0 saturated carbocycles. The van der Waals surface area contributed by atoms with E-state index in [4.69, 9.17) is 4.74 Å². The Kier molecular flexibility index (Phi) is 6.59. The summed E-state index contributed by atoms with van der Waals surface area (Å²) in [5, 5.41) is 0. The first-order valence-corrected chi connectivity index (χ1v) is 10.4. The second kappa shape index (κ2) is 8.52. The van der Waals surface area contributed by atoms with Crippen molar-refractivity contribution in [3.63, 3.8) is 0 Å². The molecule has 0 bridgehead atoms. The lowest BCUT2D eigenvalue weighted by Crippen LogP contribution is -2.40. The summed E-state index contributed by atoms with van der Waals surface area (Å²) < 4.78 is 43.2. The van der Waals surface area contributed by atoms with Crippen molar-refractivity contribution in [2.45, 2.75) is 19.9 Å². The maximum Gasteiger partial charge on any atom is 0.256 e. The van der Waals surface area contributed by atoms with Crippen LogP contribution in [0.1, 0.15) is 24.2 Å². The fourth-order valence-corrected chi connectivity index (χ4v) is 3.83. The van der Waals surface area contributed by atoms with E-state index in [1.807, 2.05) is 0 Å². The lowest BCUT2D eigenvalue weighted by atomic mass is 10.0. The lowest BCUT2D eigenvalue weighted by Gasteiger charge is -2.25. The molecule has 2 aromatic rings. The summed E-state index contributed by atoms with van der Waals surface area (Å²) in [5.74, 6) is -0.649. The highest BCUT2D eigenvalue weighted by atomic mass is 32.2. The minimum absolute atomic E-state index is 0.00426. The first-order valence-electron chi connectivity index (χ1n) is 8.60. The van der Waals surface area contributed by atoms with E-state index in [2.05, 4.69) is 0 Å². The third-order valence-corrected chi connectivity index (χ3v) is 6.41. The summed E-state index contributed by atoms with van der Waals surface area (Å²) in [6.45, 7) is 3.19. The van der Waals surface area contributed by atoms with Crippen LogP contribution in [0.25, 0.3) is 11.1 Å². The third-order valence-electron chi connectivity index (χ3n) is 4.54. The van der Waals surface area contributed by atoms with Gasteiger partial charge in [0, 0.05) is 18.8 Å². The SMILES string of the molecule is CCS(=O)(=O)CC(C)N(C)C(=O)c1ccc(-c2ccc(OC)cc2)cc1F. The second-order valence-electron chi connectivity index (χ2n) is 6.39. The Morgan fingerprint density at radius 2 is 1.74 bits per heavy atom. The first-order chi connectivity index (χ1) is 12.7. The number of sulfone groups is 1. The van der Waals surface area contributed by atoms with Crippen molar-refractivity contribution in [3.05, 3.63) is 53.8 Å². The summed E-state index contributed by atoms with van der Waals surface area (Å²) >= 11 is 0. The maximum atomic E-state index is 14.6. The zero-order valence-electron chi connectivity index (χ0n) is 15.9. The molecule has 27 heavy (non-hydrogen) atoms. The van der Waals surface area contributed by atoms with Crippen LogP contribution >= 0.6 is 0 Å². The van der Waals surface area contributed by atoms with Crippen LogP contribution in [0.3, 0.4) is 0 Å². The number of ether oxygens (including phenoxy) is 1. The molecule has 0 aliphatic rings. The number of amides is 1. The van der Waals surface area contributed by atoms with Gasteiger partial charge in [0.05, 0.1) is 18.4 Å². The number of nitrogens with zero attached hydrogens (tertiary/aromatic N) is 1. The molecule has 0 fully saturated rings.